The van der Waals surface area contributed by atoms with Crippen LogP contribution in [0.5, 0.6) is 5.75 Å². The highest BCUT2D eigenvalue weighted by molar-refractivity contribution is 9.10. The van der Waals surface area contributed by atoms with Crippen molar-refractivity contribution < 1.29 is 9.53 Å². The third kappa shape index (κ3) is 3.60. The zero-order valence-corrected chi connectivity index (χ0v) is 13.9. The third-order valence-corrected chi connectivity index (χ3v) is 5.48. The molecule has 4 heteroatoms. The van der Waals surface area contributed by atoms with Crippen molar-refractivity contribution in [1.82, 2.24) is 5.32 Å². The summed E-state index contributed by atoms with van der Waals surface area (Å²) in [7, 11) is 0. The molecule has 1 amide bonds. The van der Waals surface area contributed by atoms with Crippen LogP contribution in [-0.4, -0.2) is 18.6 Å². The summed E-state index contributed by atoms with van der Waals surface area (Å²) < 4.78 is 6.49. The van der Waals surface area contributed by atoms with Gasteiger partial charge in [0.15, 0.2) is 6.61 Å². The number of ether oxygens (including phenoxy) is 1. The summed E-state index contributed by atoms with van der Waals surface area (Å²) in [5.41, 5.74) is 0. The number of rotatable bonds is 5. The molecule has 2 aliphatic carbocycles. The van der Waals surface area contributed by atoms with Gasteiger partial charge in [-0.05, 0) is 62.1 Å². The van der Waals surface area contributed by atoms with Gasteiger partial charge in [0.1, 0.15) is 5.75 Å². The fraction of sp³-hybridized carbons (Fsp3) is 0.588. The lowest BCUT2D eigenvalue weighted by atomic mass is 9.84. The van der Waals surface area contributed by atoms with Crippen LogP contribution in [0, 0.1) is 17.8 Å². The van der Waals surface area contributed by atoms with E-state index >= 15 is 0 Å². The van der Waals surface area contributed by atoms with Gasteiger partial charge in [-0.3, -0.25) is 4.79 Å². The number of hydrogen-bond donors (Lipinski definition) is 1. The lowest BCUT2D eigenvalue weighted by Crippen LogP contribution is -2.42. The lowest BCUT2D eigenvalue weighted by molar-refractivity contribution is -0.124. The number of benzene rings is 1. The average Bonchev–Trinajstić information content (AvgIpc) is 3.08. The van der Waals surface area contributed by atoms with Crippen molar-refractivity contribution in [2.75, 3.05) is 6.61 Å². The van der Waals surface area contributed by atoms with Gasteiger partial charge in [-0.25, -0.2) is 0 Å². The molecule has 2 fully saturated rings. The number of carbonyl (C=O) groups excluding carboxylic acids is 1. The molecule has 4 atom stereocenters. The number of fused-ring (bicyclic) bond motifs is 2. The van der Waals surface area contributed by atoms with E-state index in [1.165, 1.54) is 25.7 Å². The van der Waals surface area contributed by atoms with Crippen molar-refractivity contribution in [3.05, 3.63) is 28.7 Å². The minimum atomic E-state index is -0.0229. The summed E-state index contributed by atoms with van der Waals surface area (Å²) in [4.78, 5) is 12.0. The van der Waals surface area contributed by atoms with Gasteiger partial charge in [-0.1, -0.05) is 28.4 Å². The summed E-state index contributed by atoms with van der Waals surface area (Å²) >= 11 is 3.39. The van der Waals surface area contributed by atoms with E-state index in [1.54, 1.807) is 0 Å². The topological polar surface area (TPSA) is 38.3 Å². The second-order valence-corrected chi connectivity index (χ2v) is 7.36. The molecule has 0 saturated heterocycles. The van der Waals surface area contributed by atoms with E-state index in [0.717, 1.165) is 16.3 Å². The van der Waals surface area contributed by atoms with Crippen LogP contribution in [0.2, 0.25) is 0 Å². The fourth-order valence-corrected chi connectivity index (χ4v) is 4.39. The van der Waals surface area contributed by atoms with Crippen LogP contribution in [-0.2, 0) is 4.79 Å². The van der Waals surface area contributed by atoms with Crippen molar-refractivity contribution in [2.45, 2.75) is 38.6 Å². The molecule has 1 aromatic rings. The molecular weight excluding hydrogens is 330 g/mol. The van der Waals surface area contributed by atoms with Gasteiger partial charge in [0, 0.05) is 10.5 Å². The zero-order valence-electron chi connectivity index (χ0n) is 12.3. The van der Waals surface area contributed by atoms with E-state index in [2.05, 4.69) is 28.2 Å². The SMILES string of the molecule is C[C@@H](NC(=O)COc1cccc(Br)c1)[C@H]1C[C@@H]2CC[C@@H]1C2. The molecule has 1 aromatic carbocycles. The normalized spacial score (nSPS) is 28.4. The van der Waals surface area contributed by atoms with Gasteiger partial charge in [0.05, 0.1) is 0 Å². The van der Waals surface area contributed by atoms with Gasteiger partial charge < -0.3 is 10.1 Å². The molecular formula is C17H22BrNO2. The molecule has 0 aliphatic heterocycles. The Bertz CT molecular complexity index is 519. The maximum Gasteiger partial charge on any atom is 0.258 e. The highest BCUT2D eigenvalue weighted by atomic mass is 79.9. The number of nitrogens with one attached hydrogen (secondary N) is 1. The Hall–Kier alpha value is -1.03. The number of amides is 1. The summed E-state index contributed by atoms with van der Waals surface area (Å²) in [5, 5.41) is 3.12. The summed E-state index contributed by atoms with van der Waals surface area (Å²) in [5.74, 6) is 3.10. The Balaban J connectivity index is 1.46. The molecule has 2 bridgehead atoms. The van der Waals surface area contributed by atoms with Gasteiger partial charge in [-0.15, -0.1) is 0 Å². The zero-order chi connectivity index (χ0) is 14.8. The Morgan fingerprint density at radius 2 is 2.29 bits per heavy atom. The van der Waals surface area contributed by atoms with Crippen molar-refractivity contribution in [3.63, 3.8) is 0 Å². The highest BCUT2D eigenvalue weighted by Gasteiger charge is 2.42. The molecule has 0 spiro atoms. The molecule has 0 aromatic heterocycles. The molecule has 21 heavy (non-hydrogen) atoms. The van der Waals surface area contributed by atoms with Gasteiger partial charge >= 0.3 is 0 Å². The minimum absolute atomic E-state index is 0.0229. The summed E-state index contributed by atoms with van der Waals surface area (Å²) in [6.45, 7) is 2.23. The van der Waals surface area contributed by atoms with E-state index in [-0.39, 0.29) is 18.6 Å². The molecule has 2 saturated carbocycles. The first-order valence-corrected chi connectivity index (χ1v) is 8.59. The van der Waals surface area contributed by atoms with Crippen molar-refractivity contribution in [1.29, 1.82) is 0 Å². The average molecular weight is 352 g/mol. The predicted octanol–water partition coefficient (Wildman–Crippen LogP) is 3.77. The molecule has 0 unspecified atom stereocenters. The van der Waals surface area contributed by atoms with E-state index in [4.69, 9.17) is 4.74 Å². The predicted molar refractivity (Wildman–Crippen MR) is 86.2 cm³/mol. The first-order valence-electron chi connectivity index (χ1n) is 7.79. The number of hydrogen-bond acceptors (Lipinski definition) is 2. The first-order chi connectivity index (χ1) is 10.1. The number of carbonyl (C=O) groups is 1. The van der Waals surface area contributed by atoms with Crippen LogP contribution in [0.3, 0.4) is 0 Å². The second-order valence-electron chi connectivity index (χ2n) is 6.44. The lowest BCUT2D eigenvalue weighted by Gasteiger charge is -2.28. The molecule has 0 heterocycles. The van der Waals surface area contributed by atoms with Crippen LogP contribution in [0.4, 0.5) is 0 Å². The maximum atomic E-state index is 12.0. The maximum absolute atomic E-state index is 12.0. The first kappa shape index (κ1) is 14.9. The molecule has 2 aliphatic rings. The minimum Gasteiger partial charge on any atom is -0.484 e. The van der Waals surface area contributed by atoms with E-state index in [1.807, 2.05) is 24.3 Å². The molecule has 3 rings (SSSR count). The van der Waals surface area contributed by atoms with Crippen molar-refractivity contribution >= 4 is 21.8 Å². The largest absolute Gasteiger partial charge is 0.484 e. The standard InChI is InChI=1S/C17H22BrNO2/c1-11(16-8-12-5-6-13(16)7-12)19-17(20)10-21-15-4-2-3-14(18)9-15/h2-4,9,11-13,16H,5-8,10H2,1H3,(H,19,20)/t11-,12-,13-,16-/m1/s1. The quantitative estimate of drug-likeness (QED) is 0.876. The summed E-state index contributed by atoms with van der Waals surface area (Å²) in [6.07, 6.45) is 5.41. The van der Waals surface area contributed by atoms with Crippen molar-refractivity contribution in [3.8, 4) is 5.75 Å². The fourth-order valence-electron chi connectivity index (χ4n) is 4.01. The van der Waals surface area contributed by atoms with Crippen molar-refractivity contribution in [2.24, 2.45) is 17.8 Å². The van der Waals surface area contributed by atoms with E-state index in [9.17, 15) is 4.79 Å². The van der Waals surface area contributed by atoms with Gasteiger partial charge in [-0.2, -0.15) is 0 Å². The van der Waals surface area contributed by atoms with E-state index in [0.29, 0.717) is 11.7 Å². The second kappa shape index (κ2) is 6.39. The smallest absolute Gasteiger partial charge is 0.258 e. The Labute approximate surface area is 134 Å². The Kier molecular flexibility index (Phi) is 4.53. The Morgan fingerprint density at radius 1 is 1.43 bits per heavy atom. The molecule has 1 N–H and O–H groups in total. The van der Waals surface area contributed by atoms with Crippen LogP contribution < -0.4 is 10.1 Å². The Morgan fingerprint density at radius 3 is 2.95 bits per heavy atom. The highest BCUT2D eigenvalue weighted by Crippen LogP contribution is 2.49. The van der Waals surface area contributed by atoms with Crippen LogP contribution in [0.25, 0.3) is 0 Å². The molecule has 0 radical (unpaired) electrons. The number of halogens is 1. The van der Waals surface area contributed by atoms with E-state index < -0.39 is 0 Å². The van der Waals surface area contributed by atoms with Gasteiger partial charge in [0.2, 0.25) is 0 Å². The van der Waals surface area contributed by atoms with Crippen LogP contribution >= 0.6 is 15.9 Å². The summed E-state index contributed by atoms with van der Waals surface area (Å²) in [6, 6.07) is 7.82. The monoisotopic (exact) mass is 351 g/mol. The van der Waals surface area contributed by atoms with Gasteiger partial charge in [0.25, 0.3) is 5.91 Å². The third-order valence-electron chi connectivity index (χ3n) is 4.99. The molecule has 3 nitrogen and oxygen atoms in total. The molecule has 114 valence electrons. The van der Waals surface area contributed by atoms with Crippen LogP contribution in [0.1, 0.15) is 32.6 Å². The van der Waals surface area contributed by atoms with Crippen LogP contribution in [0.15, 0.2) is 28.7 Å².